The molecule has 1 saturated carbocycles. The molecule has 20 heavy (non-hydrogen) atoms. The van der Waals surface area contributed by atoms with Gasteiger partial charge < -0.3 is 5.32 Å². The molecule has 112 valence electrons. The summed E-state index contributed by atoms with van der Waals surface area (Å²) in [5.41, 5.74) is 3.44. The first-order valence-corrected chi connectivity index (χ1v) is 7.24. The second-order valence-corrected chi connectivity index (χ2v) is 5.84. The van der Waals surface area contributed by atoms with Crippen LogP contribution in [0.15, 0.2) is 18.2 Å². The summed E-state index contributed by atoms with van der Waals surface area (Å²) in [6, 6.07) is 5.62. The van der Waals surface area contributed by atoms with Crippen LogP contribution in [-0.4, -0.2) is 12.2 Å². The van der Waals surface area contributed by atoms with Gasteiger partial charge in [-0.15, -0.1) is 0 Å². The zero-order valence-electron chi connectivity index (χ0n) is 12.1. The Morgan fingerprint density at radius 2 is 1.80 bits per heavy atom. The summed E-state index contributed by atoms with van der Waals surface area (Å²) in [6.07, 6.45) is -1.63. The lowest BCUT2D eigenvalue weighted by Crippen LogP contribution is -2.45. The fourth-order valence-corrected chi connectivity index (χ4v) is 2.93. The van der Waals surface area contributed by atoms with E-state index in [4.69, 9.17) is 0 Å². The van der Waals surface area contributed by atoms with Gasteiger partial charge in [0.15, 0.2) is 0 Å². The second-order valence-electron chi connectivity index (χ2n) is 5.84. The van der Waals surface area contributed by atoms with Crippen LogP contribution in [0, 0.1) is 19.8 Å². The number of hydrogen-bond donors (Lipinski definition) is 1. The zero-order valence-corrected chi connectivity index (χ0v) is 12.1. The molecule has 1 aromatic rings. The number of alkyl halides is 3. The van der Waals surface area contributed by atoms with Gasteiger partial charge in [0.1, 0.15) is 0 Å². The van der Waals surface area contributed by atoms with Crippen LogP contribution in [0.25, 0.3) is 0 Å². The highest BCUT2D eigenvalue weighted by atomic mass is 19.4. The normalized spacial score (nSPS) is 23.9. The second kappa shape index (κ2) is 6.17. The average Bonchev–Trinajstić information content (AvgIpc) is 2.39. The van der Waals surface area contributed by atoms with E-state index in [1.807, 2.05) is 32.0 Å². The van der Waals surface area contributed by atoms with Gasteiger partial charge in [-0.2, -0.15) is 13.2 Å². The van der Waals surface area contributed by atoms with E-state index >= 15 is 0 Å². The number of nitrogens with one attached hydrogen (secondary N) is 1. The molecule has 2 atom stereocenters. The van der Waals surface area contributed by atoms with E-state index in [0.717, 1.165) is 12.0 Å². The van der Waals surface area contributed by atoms with Crippen molar-refractivity contribution in [3.8, 4) is 0 Å². The zero-order chi connectivity index (χ0) is 14.8. The van der Waals surface area contributed by atoms with Crippen LogP contribution < -0.4 is 5.32 Å². The van der Waals surface area contributed by atoms with E-state index in [1.54, 1.807) is 0 Å². The van der Waals surface area contributed by atoms with E-state index < -0.39 is 18.1 Å². The number of benzene rings is 1. The van der Waals surface area contributed by atoms with Gasteiger partial charge in [0.25, 0.3) is 0 Å². The maximum atomic E-state index is 13.0. The SMILES string of the molecule is Cc1ccc(CNC2CCCCC2C(F)(F)F)cc1C. The molecule has 0 heterocycles. The molecule has 4 heteroatoms. The Kier molecular flexibility index (Phi) is 4.74. The molecule has 2 unspecified atom stereocenters. The van der Waals surface area contributed by atoms with Gasteiger partial charge in [-0.1, -0.05) is 31.0 Å². The highest BCUT2D eigenvalue weighted by Gasteiger charge is 2.45. The summed E-state index contributed by atoms with van der Waals surface area (Å²) in [7, 11) is 0. The maximum absolute atomic E-state index is 13.0. The molecule has 0 saturated heterocycles. The van der Waals surface area contributed by atoms with E-state index in [2.05, 4.69) is 5.32 Å². The first-order chi connectivity index (χ1) is 9.38. The van der Waals surface area contributed by atoms with Crippen molar-refractivity contribution in [3.63, 3.8) is 0 Å². The van der Waals surface area contributed by atoms with Gasteiger partial charge in [-0.3, -0.25) is 0 Å². The van der Waals surface area contributed by atoms with Gasteiger partial charge in [-0.05, 0) is 43.4 Å². The molecule has 0 radical (unpaired) electrons. The third-order valence-electron chi connectivity index (χ3n) is 4.33. The minimum absolute atomic E-state index is 0.258. The van der Waals surface area contributed by atoms with Gasteiger partial charge >= 0.3 is 6.18 Å². The van der Waals surface area contributed by atoms with Crippen LogP contribution in [0.2, 0.25) is 0 Å². The number of hydrogen-bond acceptors (Lipinski definition) is 1. The molecule has 0 bridgehead atoms. The fourth-order valence-electron chi connectivity index (χ4n) is 2.93. The number of rotatable bonds is 3. The Morgan fingerprint density at radius 1 is 1.10 bits per heavy atom. The first-order valence-electron chi connectivity index (χ1n) is 7.24. The van der Waals surface area contributed by atoms with Crippen molar-refractivity contribution in [1.29, 1.82) is 0 Å². The summed E-state index contributed by atoms with van der Waals surface area (Å²) >= 11 is 0. The molecular weight excluding hydrogens is 263 g/mol. The molecule has 1 aliphatic rings. The largest absolute Gasteiger partial charge is 0.393 e. The highest BCUT2D eigenvalue weighted by Crippen LogP contribution is 2.37. The summed E-state index contributed by atoms with van der Waals surface area (Å²) in [5.74, 6) is -1.19. The van der Waals surface area contributed by atoms with Crippen LogP contribution in [0.5, 0.6) is 0 Å². The summed E-state index contributed by atoms with van der Waals surface area (Å²) in [5, 5.41) is 3.12. The van der Waals surface area contributed by atoms with Crippen molar-refractivity contribution in [3.05, 3.63) is 34.9 Å². The molecule has 0 spiro atoms. The van der Waals surface area contributed by atoms with Gasteiger partial charge in [0.05, 0.1) is 5.92 Å². The van der Waals surface area contributed by atoms with Gasteiger partial charge in [0, 0.05) is 12.6 Å². The lowest BCUT2D eigenvalue weighted by molar-refractivity contribution is -0.189. The van der Waals surface area contributed by atoms with Crippen molar-refractivity contribution in [2.24, 2.45) is 5.92 Å². The molecular formula is C16H22F3N. The van der Waals surface area contributed by atoms with Crippen molar-refractivity contribution in [2.75, 3.05) is 0 Å². The minimum Gasteiger partial charge on any atom is -0.309 e. The Bertz CT molecular complexity index is 454. The number of halogens is 3. The Hall–Kier alpha value is -1.03. The summed E-state index contributed by atoms with van der Waals surface area (Å²) in [6.45, 7) is 4.57. The lowest BCUT2D eigenvalue weighted by atomic mass is 9.84. The third-order valence-corrected chi connectivity index (χ3v) is 4.33. The average molecular weight is 285 g/mol. The third kappa shape index (κ3) is 3.75. The molecule has 1 fully saturated rings. The lowest BCUT2D eigenvalue weighted by Gasteiger charge is -2.33. The van der Waals surface area contributed by atoms with Crippen molar-refractivity contribution in [2.45, 2.75) is 58.3 Å². The molecule has 1 nitrogen and oxygen atoms in total. The summed E-state index contributed by atoms with van der Waals surface area (Å²) < 4.78 is 39.0. The van der Waals surface area contributed by atoms with Crippen LogP contribution in [0.3, 0.4) is 0 Å². The van der Waals surface area contributed by atoms with Crippen LogP contribution in [0.1, 0.15) is 42.4 Å². The monoisotopic (exact) mass is 285 g/mol. The molecule has 1 aliphatic carbocycles. The van der Waals surface area contributed by atoms with E-state index in [1.165, 1.54) is 11.1 Å². The summed E-state index contributed by atoms with van der Waals surface area (Å²) in [4.78, 5) is 0. The minimum atomic E-state index is -4.08. The molecule has 0 aromatic heterocycles. The Balaban J connectivity index is 1.99. The fraction of sp³-hybridized carbons (Fsp3) is 0.625. The van der Waals surface area contributed by atoms with Crippen molar-refractivity contribution >= 4 is 0 Å². The van der Waals surface area contributed by atoms with Crippen LogP contribution >= 0.6 is 0 Å². The van der Waals surface area contributed by atoms with Crippen LogP contribution in [0.4, 0.5) is 13.2 Å². The van der Waals surface area contributed by atoms with E-state index in [9.17, 15) is 13.2 Å². The molecule has 1 N–H and O–H groups in total. The first kappa shape index (κ1) is 15.4. The van der Waals surface area contributed by atoms with Crippen LogP contribution in [-0.2, 0) is 6.54 Å². The van der Waals surface area contributed by atoms with E-state index in [0.29, 0.717) is 19.4 Å². The van der Waals surface area contributed by atoms with Crippen molar-refractivity contribution < 1.29 is 13.2 Å². The molecule has 2 rings (SSSR count). The smallest absolute Gasteiger partial charge is 0.309 e. The molecule has 1 aromatic carbocycles. The maximum Gasteiger partial charge on any atom is 0.393 e. The van der Waals surface area contributed by atoms with Gasteiger partial charge in [0.2, 0.25) is 0 Å². The van der Waals surface area contributed by atoms with E-state index in [-0.39, 0.29) is 6.42 Å². The standard InChI is InChI=1S/C16H22F3N/c1-11-7-8-13(9-12(11)2)10-20-15-6-4-3-5-14(15)16(17,18)19/h7-9,14-15,20H,3-6,10H2,1-2H3. The predicted molar refractivity (Wildman–Crippen MR) is 74.6 cm³/mol. The Labute approximate surface area is 118 Å². The van der Waals surface area contributed by atoms with Gasteiger partial charge in [-0.25, -0.2) is 0 Å². The quantitative estimate of drug-likeness (QED) is 0.861. The molecule has 0 aliphatic heterocycles. The number of aryl methyl sites for hydroxylation is 2. The molecule has 0 amide bonds. The van der Waals surface area contributed by atoms with Crippen molar-refractivity contribution in [1.82, 2.24) is 5.32 Å². The Morgan fingerprint density at radius 3 is 2.45 bits per heavy atom. The topological polar surface area (TPSA) is 12.0 Å². The highest BCUT2D eigenvalue weighted by molar-refractivity contribution is 5.29. The predicted octanol–water partition coefficient (Wildman–Crippen LogP) is 4.51.